The number of fused-ring (bicyclic) bond motifs is 3. The molecule has 2 aliphatic heterocycles. The van der Waals surface area contributed by atoms with Gasteiger partial charge in [-0.2, -0.15) is 0 Å². The molecule has 0 amide bonds. The average molecular weight is 417 g/mol. The van der Waals surface area contributed by atoms with Crippen molar-refractivity contribution in [3.8, 4) is 5.75 Å². The van der Waals surface area contributed by atoms with Crippen LogP contribution in [0.15, 0.2) is 24.3 Å². The molecular weight excluding hydrogens is 382 g/mol. The summed E-state index contributed by atoms with van der Waals surface area (Å²) in [6, 6.07) is 6.66. The molecule has 0 radical (unpaired) electrons. The minimum atomic E-state index is -0.630. The molecule has 6 nitrogen and oxygen atoms in total. The Morgan fingerprint density at radius 1 is 1.27 bits per heavy atom. The number of hydrogen-bond acceptors (Lipinski definition) is 5. The van der Waals surface area contributed by atoms with E-state index in [-0.39, 0.29) is 40.7 Å². The molecule has 0 bridgehead atoms. The van der Waals surface area contributed by atoms with Crippen molar-refractivity contribution in [2.75, 3.05) is 26.7 Å². The summed E-state index contributed by atoms with van der Waals surface area (Å²) in [5.74, 6) is 0.812. The van der Waals surface area contributed by atoms with E-state index >= 15 is 0 Å². The van der Waals surface area contributed by atoms with Gasteiger partial charge in [0, 0.05) is 5.92 Å². The second-order valence-electron chi connectivity index (χ2n) is 10.6. The molecule has 1 unspecified atom stereocenters. The number of benzene rings is 1. The highest BCUT2D eigenvalue weighted by Crippen LogP contribution is 2.62. The van der Waals surface area contributed by atoms with Crippen molar-refractivity contribution in [1.82, 2.24) is 0 Å². The van der Waals surface area contributed by atoms with Crippen molar-refractivity contribution in [1.29, 1.82) is 0 Å². The molecule has 2 heterocycles. The number of epoxide rings is 1. The predicted molar refractivity (Wildman–Crippen MR) is 110 cm³/mol. The molecule has 6 heteroatoms. The minimum Gasteiger partial charge on any atom is -0.508 e. The Kier molecular flexibility index (Phi) is 4.88. The van der Waals surface area contributed by atoms with Gasteiger partial charge in [-0.25, -0.2) is 0 Å². The van der Waals surface area contributed by atoms with Gasteiger partial charge in [-0.1, -0.05) is 19.1 Å². The zero-order valence-electron chi connectivity index (χ0n) is 18.0. The Hall–Kier alpha value is -1.63. The number of ether oxygens (including phenoxy) is 2. The number of phenolic OH excluding ortho intramolecular Hbond substituents is 1. The number of aromatic hydroxyl groups is 1. The molecule has 1 aromatic carbocycles. The Balaban J connectivity index is 1.26. The number of hydrogen-bond donors (Lipinski definition) is 3. The summed E-state index contributed by atoms with van der Waals surface area (Å²) in [5, 5.41) is 20.0. The van der Waals surface area contributed by atoms with Gasteiger partial charge < -0.3 is 24.6 Å². The molecule has 1 aromatic rings. The highest BCUT2D eigenvalue weighted by molar-refractivity contribution is 5.75. The maximum Gasteiger partial charge on any atom is 0.315 e. The van der Waals surface area contributed by atoms with Crippen LogP contribution >= 0.6 is 0 Å². The molecule has 8 atom stereocenters. The van der Waals surface area contributed by atoms with Gasteiger partial charge in [0.05, 0.1) is 25.8 Å². The SMILES string of the molecule is C[NH+](C[C@H](O)c1ccc(O)cc1)C[C@H]1C(=O)O[C@@H]2C[C@@]3(C)CCC[C@]4(CO4)[C@@H]3C[C@@H]21. The molecule has 0 aromatic heterocycles. The van der Waals surface area contributed by atoms with Gasteiger partial charge >= 0.3 is 5.97 Å². The van der Waals surface area contributed by atoms with Crippen LogP contribution in [0.4, 0.5) is 0 Å². The van der Waals surface area contributed by atoms with Crippen molar-refractivity contribution < 1.29 is 29.4 Å². The number of carbonyl (C=O) groups is 1. The number of likely N-dealkylation sites (N-methyl/N-ethyl adjacent to an activating group) is 1. The Bertz CT molecular complexity index is 806. The summed E-state index contributed by atoms with van der Waals surface area (Å²) < 4.78 is 11.9. The smallest absolute Gasteiger partial charge is 0.315 e. The zero-order valence-corrected chi connectivity index (χ0v) is 18.0. The number of quaternary nitrogens is 1. The third-order valence-corrected chi connectivity index (χ3v) is 8.47. The molecule has 3 N–H and O–H groups in total. The fourth-order valence-electron chi connectivity index (χ4n) is 6.79. The predicted octanol–water partition coefficient (Wildman–Crippen LogP) is 1.47. The van der Waals surface area contributed by atoms with Crippen LogP contribution in [0.25, 0.3) is 0 Å². The van der Waals surface area contributed by atoms with Crippen LogP contribution < -0.4 is 4.90 Å². The van der Waals surface area contributed by atoms with Gasteiger partial charge in [-0.15, -0.1) is 0 Å². The first kappa shape index (κ1) is 20.3. The lowest BCUT2D eigenvalue weighted by atomic mass is 9.53. The number of rotatable bonds is 5. The Morgan fingerprint density at radius 3 is 2.70 bits per heavy atom. The van der Waals surface area contributed by atoms with E-state index in [0.29, 0.717) is 19.0 Å². The lowest BCUT2D eigenvalue weighted by Gasteiger charge is -2.51. The molecule has 164 valence electrons. The van der Waals surface area contributed by atoms with Crippen molar-refractivity contribution in [2.24, 2.45) is 23.2 Å². The van der Waals surface area contributed by atoms with Crippen LogP contribution in [0.3, 0.4) is 0 Å². The van der Waals surface area contributed by atoms with Gasteiger partial charge in [0.2, 0.25) is 0 Å². The van der Waals surface area contributed by atoms with Crippen molar-refractivity contribution in [3.63, 3.8) is 0 Å². The van der Waals surface area contributed by atoms with Crippen LogP contribution in [0, 0.1) is 23.2 Å². The van der Waals surface area contributed by atoms with Crippen molar-refractivity contribution >= 4 is 5.97 Å². The normalized spacial score (nSPS) is 41.6. The number of aliphatic hydroxyl groups excluding tert-OH is 1. The first-order valence-electron chi connectivity index (χ1n) is 11.4. The molecule has 2 saturated carbocycles. The highest BCUT2D eigenvalue weighted by atomic mass is 16.6. The molecule has 4 fully saturated rings. The second kappa shape index (κ2) is 7.21. The van der Waals surface area contributed by atoms with E-state index < -0.39 is 6.10 Å². The highest BCUT2D eigenvalue weighted by Gasteiger charge is 2.65. The molecule has 5 rings (SSSR count). The first-order chi connectivity index (χ1) is 14.3. The van der Waals surface area contributed by atoms with E-state index in [1.165, 1.54) is 12.8 Å². The molecule has 30 heavy (non-hydrogen) atoms. The molecule has 1 spiro atoms. The monoisotopic (exact) mass is 416 g/mol. The van der Waals surface area contributed by atoms with Crippen LogP contribution in [0.2, 0.25) is 0 Å². The summed E-state index contributed by atoms with van der Waals surface area (Å²) in [6.07, 6.45) is 4.97. The summed E-state index contributed by atoms with van der Waals surface area (Å²) in [7, 11) is 2.03. The van der Waals surface area contributed by atoms with Gasteiger partial charge in [0.25, 0.3) is 0 Å². The second-order valence-corrected chi connectivity index (χ2v) is 10.6. The van der Waals surface area contributed by atoms with Crippen molar-refractivity contribution in [2.45, 2.75) is 56.8 Å². The topological polar surface area (TPSA) is 83.7 Å². The molecule has 4 aliphatic rings. The van der Waals surface area contributed by atoms with Gasteiger partial charge in [-0.3, -0.25) is 4.79 Å². The van der Waals surface area contributed by atoms with E-state index in [2.05, 4.69) is 6.92 Å². The lowest BCUT2D eigenvalue weighted by molar-refractivity contribution is -0.886. The molecule has 2 saturated heterocycles. The largest absolute Gasteiger partial charge is 0.508 e. The van der Waals surface area contributed by atoms with Gasteiger partial charge in [0.1, 0.15) is 30.4 Å². The number of nitrogens with one attached hydrogen (secondary N) is 1. The summed E-state index contributed by atoms with van der Waals surface area (Å²) in [5.41, 5.74) is 1.07. The van der Waals surface area contributed by atoms with E-state index in [1.54, 1.807) is 24.3 Å². The average Bonchev–Trinajstić information content (AvgIpc) is 3.40. The fourth-order valence-corrected chi connectivity index (χ4v) is 6.79. The lowest BCUT2D eigenvalue weighted by Crippen LogP contribution is -3.10. The Labute approximate surface area is 178 Å². The van der Waals surface area contributed by atoms with E-state index in [4.69, 9.17) is 9.47 Å². The summed E-state index contributed by atoms with van der Waals surface area (Å²) in [6.45, 7) is 4.45. The standard InChI is InChI=1S/C24H33NO5/c1-23-8-3-9-24(14-29-24)21(23)10-17-18(22(28)30-20(17)11-23)12-25(2)13-19(27)15-4-6-16(26)7-5-15/h4-7,17-21,26-27H,3,8-14H2,1-2H3/p+1/t17-,18-,19+,20-,21-,23-,24+/m1/s1. The van der Waals surface area contributed by atoms with Crippen LogP contribution in [-0.4, -0.2) is 54.6 Å². The fraction of sp³-hybridized carbons (Fsp3) is 0.708. The molecular formula is C24H34NO5+. The van der Waals surface area contributed by atoms with Crippen LogP contribution in [0.5, 0.6) is 5.75 Å². The van der Waals surface area contributed by atoms with Crippen LogP contribution in [0.1, 0.15) is 50.7 Å². The maximum absolute atomic E-state index is 12.8. The third kappa shape index (κ3) is 3.43. The number of phenols is 1. The van der Waals surface area contributed by atoms with Crippen LogP contribution in [-0.2, 0) is 14.3 Å². The van der Waals surface area contributed by atoms with Gasteiger partial charge in [0.15, 0.2) is 0 Å². The number of aliphatic hydroxyl groups is 1. The molecule has 2 aliphatic carbocycles. The zero-order chi connectivity index (χ0) is 21.1. The van der Waals surface area contributed by atoms with E-state index in [0.717, 1.165) is 36.3 Å². The summed E-state index contributed by atoms with van der Waals surface area (Å²) in [4.78, 5) is 13.9. The van der Waals surface area contributed by atoms with E-state index in [1.807, 2.05) is 7.05 Å². The minimum absolute atomic E-state index is 0.0347. The Morgan fingerprint density at radius 2 is 2.00 bits per heavy atom. The maximum atomic E-state index is 12.8. The quantitative estimate of drug-likeness (QED) is 0.500. The van der Waals surface area contributed by atoms with Crippen molar-refractivity contribution in [3.05, 3.63) is 29.8 Å². The van der Waals surface area contributed by atoms with Gasteiger partial charge in [-0.05, 0) is 61.1 Å². The third-order valence-electron chi connectivity index (χ3n) is 8.47. The summed E-state index contributed by atoms with van der Waals surface area (Å²) >= 11 is 0. The number of esters is 1. The number of carbonyl (C=O) groups excluding carboxylic acids is 1. The first-order valence-corrected chi connectivity index (χ1v) is 11.4. The van der Waals surface area contributed by atoms with E-state index in [9.17, 15) is 15.0 Å².